The number of aliphatic carboxylic acids is 1. The van der Waals surface area contributed by atoms with Crippen molar-refractivity contribution in [3.63, 3.8) is 0 Å². The van der Waals surface area contributed by atoms with Crippen LogP contribution in [0.2, 0.25) is 0 Å². The first-order valence-electron chi connectivity index (χ1n) is 5.25. The molecule has 0 amide bonds. The van der Waals surface area contributed by atoms with E-state index >= 15 is 0 Å². The Hall–Kier alpha value is -0.220. The zero-order chi connectivity index (χ0) is 10.6. The van der Waals surface area contributed by atoms with Crippen molar-refractivity contribution in [2.45, 2.75) is 19.8 Å². The van der Waals surface area contributed by atoms with E-state index in [-0.39, 0.29) is 5.92 Å². The third-order valence-electron chi connectivity index (χ3n) is 3.16. The number of hydrogen-bond donors (Lipinski definition) is 2. The summed E-state index contributed by atoms with van der Waals surface area (Å²) in [5.74, 6) is -0.147. The number of hydrogen-bond acceptors (Lipinski definition) is 3. The smallest absolute Gasteiger partial charge is 0.307 e. The number of carboxylic acid groups (broad SMARTS) is 1. The van der Waals surface area contributed by atoms with Crippen LogP contribution in [-0.4, -0.2) is 41.4 Å². The van der Waals surface area contributed by atoms with E-state index in [1.165, 1.54) is 0 Å². The Morgan fingerprint density at radius 2 is 2.14 bits per heavy atom. The van der Waals surface area contributed by atoms with Gasteiger partial charge in [-0.15, -0.1) is 0 Å². The molecule has 1 saturated heterocycles. The topological polar surface area (TPSA) is 40.5 Å². The molecule has 1 N–H and O–H groups in total. The summed E-state index contributed by atoms with van der Waals surface area (Å²) in [7, 11) is 0. The average molecular weight is 217 g/mol. The molecule has 0 aromatic rings. The minimum atomic E-state index is -0.685. The lowest BCUT2D eigenvalue weighted by atomic mass is 9.85. The minimum absolute atomic E-state index is 0.252. The fourth-order valence-corrected chi connectivity index (χ4v) is 2.55. The Bertz CT molecular complexity index is 191. The van der Waals surface area contributed by atoms with Crippen molar-refractivity contribution in [2.75, 3.05) is 25.4 Å². The number of piperidine rings is 1. The molecule has 0 spiro atoms. The van der Waals surface area contributed by atoms with Gasteiger partial charge in [0.2, 0.25) is 0 Å². The van der Waals surface area contributed by atoms with Crippen molar-refractivity contribution in [1.82, 2.24) is 4.90 Å². The van der Waals surface area contributed by atoms with E-state index in [1.807, 2.05) is 0 Å². The third kappa shape index (κ3) is 2.89. The van der Waals surface area contributed by atoms with Crippen LogP contribution < -0.4 is 0 Å². The Balaban J connectivity index is 2.43. The van der Waals surface area contributed by atoms with Crippen LogP contribution in [0, 0.1) is 11.8 Å². The van der Waals surface area contributed by atoms with Gasteiger partial charge in [-0.25, -0.2) is 0 Å². The van der Waals surface area contributed by atoms with E-state index in [4.69, 9.17) is 5.11 Å². The van der Waals surface area contributed by atoms with E-state index < -0.39 is 5.97 Å². The maximum Gasteiger partial charge on any atom is 0.307 e. The molecule has 14 heavy (non-hydrogen) atoms. The van der Waals surface area contributed by atoms with Crippen molar-refractivity contribution < 1.29 is 9.90 Å². The van der Waals surface area contributed by atoms with Gasteiger partial charge >= 0.3 is 5.97 Å². The van der Waals surface area contributed by atoms with Gasteiger partial charge in [0.1, 0.15) is 0 Å². The lowest BCUT2D eigenvalue weighted by Gasteiger charge is -2.33. The van der Waals surface area contributed by atoms with Gasteiger partial charge in [0, 0.05) is 5.75 Å². The predicted molar refractivity (Wildman–Crippen MR) is 59.8 cm³/mol. The van der Waals surface area contributed by atoms with Crippen molar-refractivity contribution in [1.29, 1.82) is 0 Å². The minimum Gasteiger partial charge on any atom is -0.481 e. The van der Waals surface area contributed by atoms with E-state index in [1.54, 1.807) is 0 Å². The van der Waals surface area contributed by atoms with E-state index in [2.05, 4.69) is 24.5 Å². The highest BCUT2D eigenvalue weighted by Gasteiger charge is 2.29. The van der Waals surface area contributed by atoms with Gasteiger partial charge < -0.3 is 10.0 Å². The van der Waals surface area contributed by atoms with Crippen LogP contribution in [0.25, 0.3) is 0 Å². The van der Waals surface area contributed by atoms with Crippen molar-refractivity contribution in [3.05, 3.63) is 0 Å². The average Bonchev–Trinajstić information content (AvgIpc) is 2.19. The monoisotopic (exact) mass is 217 g/mol. The quantitative estimate of drug-likeness (QED) is 0.698. The van der Waals surface area contributed by atoms with E-state index in [0.29, 0.717) is 11.7 Å². The molecule has 1 aliphatic heterocycles. The number of thiol groups is 1. The van der Waals surface area contributed by atoms with Crippen LogP contribution in [0.3, 0.4) is 0 Å². The lowest BCUT2D eigenvalue weighted by molar-refractivity contribution is -0.143. The lowest BCUT2D eigenvalue weighted by Crippen LogP contribution is -2.38. The van der Waals surface area contributed by atoms with Gasteiger partial charge in [0.15, 0.2) is 0 Å². The third-order valence-corrected chi connectivity index (χ3v) is 3.56. The maximum atomic E-state index is 10.9. The summed E-state index contributed by atoms with van der Waals surface area (Å²) in [6.07, 6.45) is 2.01. The molecule has 0 bridgehead atoms. The zero-order valence-electron chi connectivity index (χ0n) is 8.65. The van der Waals surface area contributed by atoms with Crippen molar-refractivity contribution in [3.8, 4) is 0 Å². The second-order valence-corrected chi connectivity index (χ2v) is 4.26. The van der Waals surface area contributed by atoms with Gasteiger partial charge in [0.05, 0.1) is 5.92 Å². The molecule has 1 unspecified atom stereocenters. The number of nitrogens with zero attached hydrogens (tertiary/aromatic N) is 1. The molecule has 1 heterocycles. The molecule has 0 aromatic carbocycles. The Morgan fingerprint density at radius 3 is 2.50 bits per heavy atom. The highest BCUT2D eigenvalue weighted by Crippen LogP contribution is 2.26. The van der Waals surface area contributed by atoms with Gasteiger partial charge in [0.25, 0.3) is 0 Å². The summed E-state index contributed by atoms with van der Waals surface area (Å²) in [6.45, 7) is 5.30. The van der Waals surface area contributed by atoms with Crippen LogP contribution in [0.5, 0.6) is 0 Å². The summed E-state index contributed by atoms with van der Waals surface area (Å²) in [5, 5.41) is 8.99. The fraction of sp³-hybridized carbons (Fsp3) is 0.900. The van der Waals surface area contributed by atoms with Crippen molar-refractivity contribution in [2.24, 2.45) is 11.8 Å². The number of rotatable bonds is 4. The highest BCUT2D eigenvalue weighted by atomic mass is 32.1. The van der Waals surface area contributed by atoms with Gasteiger partial charge in [-0.05, 0) is 38.4 Å². The molecule has 0 aliphatic carbocycles. The summed E-state index contributed by atoms with van der Waals surface area (Å²) >= 11 is 4.12. The molecule has 0 aromatic heterocycles. The number of carbonyl (C=O) groups is 1. The Morgan fingerprint density at radius 1 is 1.57 bits per heavy atom. The first kappa shape index (κ1) is 11.9. The summed E-state index contributed by atoms with van der Waals surface area (Å²) in [4.78, 5) is 13.3. The molecule has 0 radical (unpaired) electrons. The molecule has 3 nitrogen and oxygen atoms in total. The predicted octanol–water partition coefficient (Wildman–Crippen LogP) is 1.35. The summed E-state index contributed by atoms with van der Waals surface area (Å²) < 4.78 is 0. The second kappa shape index (κ2) is 5.61. The first-order chi connectivity index (χ1) is 6.69. The molecule has 4 heteroatoms. The standard InChI is InChI=1S/C10H19NO2S/c1-2-11-5-3-8(4-6-11)9(7-14)10(12)13/h8-9,14H,2-7H2,1H3,(H,12,13). The second-order valence-electron chi connectivity index (χ2n) is 3.90. The molecule has 0 saturated carbocycles. The molecular formula is C10H19NO2S. The molecular weight excluding hydrogens is 198 g/mol. The largest absolute Gasteiger partial charge is 0.481 e. The van der Waals surface area contributed by atoms with Gasteiger partial charge in [-0.2, -0.15) is 12.6 Å². The van der Waals surface area contributed by atoms with E-state index in [9.17, 15) is 4.79 Å². The number of likely N-dealkylation sites (tertiary alicyclic amines) is 1. The molecule has 1 fully saturated rings. The Kier molecular flexibility index (Phi) is 4.75. The van der Waals surface area contributed by atoms with Crippen LogP contribution in [0.4, 0.5) is 0 Å². The van der Waals surface area contributed by atoms with Crippen molar-refractivity contribution >= 4 is 18.6 Å². The first-order valence-corrected chi connectivity index (χ1v) is 5.88. The maximum absolute atomic E-state index is 10.9. The SMILES string of the molecule is CCN1CCC(C(CS)C(=O)O)CC1. The molecule has 82 valence electrons. The Labute approximate surface area is 90.9 Å². The van der Waals surface area contributed by atoms with Crippen LogP contribution >= 0.6 is 12.6 Å². The van der Waals surface area contributed by atoms with E-state index in [0.717, 1.165) is 32.5 Å². The zero-order valence-corrected chi connectivity index (χ0v) is 9.54. The number of carboxylic acids is 1. The van der Waals surface area contributed by atoms with Gasteiger partial charge in [-0.3, -0.25) is 4.79 Å². The van der Waals surface area contributed by atoms with Gasteiger partial charge in [-0.1, -0.05) is 6.92 Å². The molecule has 1 aliphatic rings. The van der Waals surface area contributed by atoms with Crippen LogP contribution in [-0.2, 0) is 4.79 Å². The fourth-order valence-electron chi connectivity index (χ4n) is 2.10. The molecule has 1 rings (SSSR count). The summed E-state index contributed by atoms with van der Waals surface area (Å²) in [6, 6.07) is 0. The normalized spacial score (nSPS) is 22.1. The van der Waals surface area contributed by atoms with Crippen LogP contribution in [0.15, 0.2) is 0 Å². The highest BCUT2D eigenvalue weighted by molar-refractivity contribution is 7.80. The molecule has 1 atom stereocenters. The summed E-state index contributed by atoms with van der Waals surface area (Å²) in [5.41, 5.74) is 0. The van der Waals surface area contributed by atoms with Crippen LogP contribution in [0.1, 0.15) is 19.8 Å².